The van der Waals surface area contributed by atoms with Crippen molar-refractivity contribution < 1.29 is 13.9 Å². The Balaban J connectivity index is 2.11. The smallest absolute Gasteiger partial charge is 0.227 e. The monoisotopic (exact) mass is 310 g/mol. The van der Waals surface area contributed by atoms with Crippen molar-refractivity contribution in [2.45, 2.75) is 18.2 Å². The van der Waals surface area contributed by atoms with Crippen LogP contribution >= 0.6 is 11.8 Å². The lowest BCUT2D eigenvalue weighted by Crippen LogP contribution is -2.14. The molecular weight excluding hydrogens is 295 g/mol. The molecule has 6 nitrogen and oxygen atoms in total. The van der Waals surface area contributed by atoms with E-state index in [-0.39, 0.29) is 11.5 Å². The van der Waals surface area contributed by atoms with Crippen molar-refractivity contribution in [1.82, 2.24) is 14.8 Å². The first kappa shape index (κ1) is 15.3. The van der Waals surface area contributed by atoms with Gasteiger partial charge in [-0.2, -0.15) is 0 Å². The molecule has 1 amide bonds. The van der Waals surface area contributed by atoms with E-state index in [1.807, 2.05) is 0 Å². The Morgan fingerprint density at radius 3 is 2.86 bits per heavy atom. The predicted molar refractivity (Wildman–Crippen MR) is 76.4 cm³/mol. The average Bonchev–Trinajstić information content (AvgIpc) is 2.80. The Labute approximate surface area is 125 Å². The van der Waals surface area contributed by atoms with Crippen LogP contribution in [0.1, 0.15) is 18.9 Å². The van der Waals surface area contributed by atoms with Gasteiger partial charge in [0.15, 0.2) is 28.7 Å². The molecule has 0 bridgehead atoms. The van der Waals surface area contributed by atoms with Crippen molar-refractivity contribution in [3.8, 4) is 5.75 Å². The van der Waals surface area contributed by atoms with Gasteiger partial charge in [-0.05, 0) is 19.1 Å². The quantitative estimate of drug-likeness (QED) is 0.821. The van der Waals surface area contributed by atoms with E-state index in [1.54, 1.807) is 36.7 Å². The minimum Gasteiger partial charge on any atom is -0.480 e. The molecule has 2 N–H and O–H groups in total. The van der Waals surface area contributed by atoms with Gasteiger partial charge in [0.1, 0.15) is 0 Å². The third-order valence-corrected chi connectivity index (χ3v) is 3.76. The van der Waals surface area contributed by atoms with Crippen molar-refractivity contribution in [3.63, 3.8) is 0 Å². The van der Waals surface area contributed by atoms with Crippen LogP contribution in [-0.4, -0.2) is 26.4 Å². The molecule has 0 radical (unpaired) electrons. The normalized spacial score (nSPS) is 12.1. The molecule has 2 aromatic rings. The number of rotatable bonds is 6. The van der Waals surface area contributed by atoms with Gasteiger partial charge in [-0.3, -0.25) is 4.79 Å². The Hall–Kier alpha value is -2.09. The zero-order valence-electron chi connectivity index (χ0n) is 11.6. The molecule has 0 saturated heterocycles. The highest BCUT2D eigenvalue weighted by molar-refractivity contribution is 7.99. The minimum absolute atomic E-state index is 0.120. The lowest BCUT2D eigenvalue weighted by atomic mass is 10.3. The van der Waals surface area contributed by atoms with Crippen molar-refractivity contribution in [2.75, 3.05) is 5.75 Å². The number of primary amides is 1. The number of thioether (sulfide) groups is 1. The number of nitrogens with two attached hydrogens (primary N) is 1. The van der Waals surface area contributed by atoms with Crippen LogP contribution in [0.3, 0.4) is 0 Å². The summed E-state index contributed by atoms with van der Waals surface area (Å²) >= 11 is 1.19. The molecule has 0 spiro atoms. The van der Waals surface area contributed by atoms with Gasteiger partial charge in [0.25, 0.3) is 0 Å². The maximum atomic E-state index is 13.6. The zero-order valence-corrected chi connectivity index (χ0v) is 12.4. The maximum absolute atomic E-state index is 13.6. The van der Waals surface area contributed by atoms with E-state index < -0.39 is 17.8 Å². The number of ether oxygens (including phenoxy) is 1. The number of benzene rings is 1. The molecular formula is C13H15FN4O2S. The molecule has 112 valence electrons. The first-order valence-electron chi connectivity index (χ1n) is 6.20. The molecule has 1 atom stereocenters. The van der Waals surface area contributed by atoms with Crippen LogP contribution < -0.4 is 10.5 Å². The second-order valence-electron chi connectivity index (χ2n) is 4.35. The van der Waals surface area contributed by atoms with Gasteiger partial charge in [0.05, 0.1) is 5.75 Å². The van der Waals surface area contributed by atoms with Crippen molar-refractivity contribution in [1.29, 1.82) is 0 Å². The van der Waals surface area contributed by atoms with E-state index in [2.05, 4.69) is 10.2 Å². The Morgan fingerprint density at radius 1 is 1.48 bits per heavy atom. The van der Waals surface area contributed by atoms with Gasteiger partial charge in [-0.1, -0.05) is 23.9 Å². The third-order valence-electron chi connectivity index (χ3n) is 2.72. The van der Waals surface area contributed by atoms with E-state index in [4.69, 9.17) is 10.5 Å². The summed E-state index contributed by atoms with van der Waals surface area (Å²) in [6.07, 6.45) is -0.484. The van der Waals surface area contributed by atoms with Crippen LogP contribution in [0.25, 0.3) is 0 Å². The van der Waals surface area contributed by atoms with Crippen LogP contribution in [0.15, 0.2) is 29.4 Å². The number of hydrogen-bond donors (Lipinski definition) is 1. The number of aromatic nitrogens is 3. The predicted octanol–water partition coefficient (Wildman–Crippen LogP) is 1.67. The Morgan fingerprint density at radius 2 is 2.19 bits per heavy atom. The molecule has 0 saturated carbocycles. The number of amides is 1. The highest BCUT2D eigenvalue weighted by atomic mass is 32.2. The largest absolute Gasteiger partial charge is 0.480 e. The summed E-state index contributed by atoms with van der Waals surface area (Å²) in [6.45, 7) is 1.75. The summed E-state index contributed by atoms with van der Waals surface area (Å²) < 4.78 is 20.8. The van der Waals surface area contributed by atoms with Crippen molar-refractivity contribution in [3.05, 3.63) is 35.9 Å². The van der Waals surface area contributed by atoms with E-state index >= 15 is 0 Å². The minimum atomic E-state index is -0.484. The number of carbonyl (C=O) groups is 1. The highest BCUT2D eigenvalue weighted by Crippen LogP contribution is 2.25. The molecule has 0 aliphatic rings. The van der Waals surface area contributed by atoms with E-state index in [1.165, 1.54) is 17.8 Å². The summed E-state index contributed by atoms with van der Waals surface area (Å²) in [5, 5.41) is 8.53. The SMILES string of the molecule is CC(Oc1ccccc1F)c1nnc(SCC(N)=O)n1C. The second kappa shape index (κ2) is 6.57. The molecule has 1 aromatic carbocycles. The fourth-order valence-electron chi connectivity index (χ4n) is 1.73. The number of nitrogens with zero attached hydrogens (tertiary/aromatic N) is 3. The van der Waals surface area contributed by atoms with E-state index in [0.717, 1.165) is 0 Å². The van der Waals surface area contributed by atoms with Crippen LogP contribution in [0.5, 0.6) is 5.75 Å². The maximum Gasteiger partial charge on any atom is 0.227 e. The van der Waals surface area contributed by atoms with Crippen molar-refractivity contribution in [2.24, 2.45) is 12.8 Å². The van der Waals surface area contributed by atoms with Gasteiger partial charge >= 0.3 is 0 Å². The van der Waals surface area contributed by atoms with Crippen LogP contribution in [0, 0.1) is 5.82 Å². The van der Waals surface area contributed by atoms with Gasteiger partial charge < -0.3 is 15.0 Å². The first-order chi connectivity index (χ1) is 9.99. The summed E-state index contributed by atoms with van der Waals surface area (Å²) in [7, 11) is 1.75. The molecule has 21 heavy (non-hydrogen) atoms. The standard InChI is InChI=1S/C13H15FN4O2S/c1-8(20-10-6-4-3-5-9(10)14)12-16-17-13(18(12)2)21-7-11(15)19/h3-6,8H,7H2,1-2H3,(H2,15,19). The highest BCUT2D eigenvalue weighted by Gasteiger charge is 2.18. The fraction of sp³-hybridized carbons (Fsp3) is 0.308. The molecule has 1 heterocycles. The summed E-state index contributed by atoms with van der Waals surface area (Å²) in [4.78, 5) is 10.8. The van der Waals surface area contributed by atoms with Crippen LogP contribution in [0.2, 0.25) is 0 Å². The van der Waals surface area contributed by atoms with E-state index in [9.17, 15) is 9.18 Å². The molecule has 2 rings (SSSR count). The molecule has 8 heteroatoms. The topological polar surface area (TPSA) is 83.0 Å². The summed E-state index contributed by atoms with van der Waals surface area (Å²) in [5.74, 6) is -0.0613. The molecule has 0 aliphatic heterocycles. The number of para-hydroxylation sites is 1. The van der Waals surface area contributed by atoms with Gasteiger partial charge in [0, 0.05) is 7.05 Å². The third kappa shape index (κ3) is 3.72. The molecule has 0 fully saturated rings. The summed E-state index contributed by atoms with van der Waals surface area (Å²) in [5.41, 5.74) is 5.09. The van der Waals surface area contributed by atoms with Crippen LogP contribution in [-0.2, 0) is 11.8 Å². The zero-order chi connectivity index (χ0) is 15.4. The van der Waals surface area contributed by atoms with Gasteiger partial charge in [0.2, 0.25) is 5.91 Å². The number of carbonyl (C=O) groups excluding carboxylic acids is 1. The lowest BCUT2D eigenvalue weighted by Gasteiger charge is -2.14. The van der Waals surface area contributed by atoms with Crippen LogP contribution in [0.4, 0.5) is 4.39 Å². The first-order valence-corrected chi connectivity index (χ1v) is 7.19. The van der Waals surface area contributed by atoms with Gasteiger partial charge in [-0.25, -0.2) is 4.39 Å². The lowest BCUT2D eigenvalue weighted by molar-refractivity contribution is -0.115. The van der Waals surface area contributed by atoms with E-state index in [0.29, 0.717) is 11.0 Å². The Kier molecular flexibility index (Phi) is 4.79. The number of hydrogen-bond acceptors (Lipinski definition) is 5. The molecule has 0 aliphatic carbocycles. The second-order valence-corrected chi connectivity index (χ2v) is 5.29. The Bertz CT molecular complexity index is 647. The molecule has 1 aromatic heterocycles. The number of halogens is 1. The summed E-state index contributed by atoms with van der Waals surface area (Å²) in [6, 6.07) is 6.15. The molecule has 1 unspecified atom stereocenters. The average molecular weight is 310 g/mol. The van der Waals surface area contributed by atoms with Gasteiger partial charge in [-0.15, -0.1) is 10.2 Å². The van der Waals surface area contributed by atoms with Crippen molar-refractivity contribution >= 4 is 17.7 Å². The fourth-order valence-corrected chi connectivity index (χ4v) is 2.38.